The standard InChI is InChI=1S/C21H27F3N4O5S/c22-21(23,24)33-16-2-1-3-17(10-16)34(31,32)26-15-4-7-20(8-5-15)12-28(13-20)19(30)27-9-6-14(11-27)18(25)29/h1-3,10,14-15,26H,4-9,11-13H2,(H2,25,29)/t14-/m0/s1. The van der Waals surface area contributed by atoms with E-state index in [9.17, 15) is 31.2 Å². The molecule has 9 nitrogen and oxygen atoms in total. The summed E-state index contributed by atoms with van der Waals surface area (Å²) in [6.07, 6.45) is -1.76. The van der Waals surface area contributed by atoms with Crippen molar-refractivity contribution in [2.45, 2.75) is 49.4 Å². The molecule has 188 valence electrons. The van der Waals surface area contributed by atoms with Crippen LogP contribution in [0.15, 0.2) is 29.2 Å². The number of hydrogen-bond donors (Lipinski definition) is 2. The summed E-state index contributed by atoms with van der Waals surface area (Å²) < 4.78 is 69.1. The third-order valence-corrected chi connectivity index (χ3v) is 8.42. The van der Waals surface area contributed by atoms with Crippen LogP contribution in [-0.2, 0) is 14.8 Å². The van der Waals surface area contributed by atoms with Crippen molar-refractivity contribution in [1.82, 2.24) is 14.5 Å². The van der Waals surface area contributed by atoms with Gasteiger partial charge in [-0.1, -0.05) is 6.07 Å². The van der Waals surface area contributed by atoms with E-state index < -0.39 is 28.0 Å². The van der Waals surface area contributed by atoms with Gasteiger partial charge in [-0.3, -0.25) is 4.79 Å². The number of alkyl halides is 3. The van der Waals surface area contributed by atoms with E-state index in [1.807, 2.05) is 0 Å². The third-order valence-electron chi connectivity index (χ3n) is 6.90. The SMILES string of the molecule is NC(=O)[C@H]1CCN(C(=O)N2CC3(CCC(NS(=O)(=O)c4cccc(OC(F)(F)F)c4)CC3)C2)C1. The summed E-state index contributed by atoms with van der Waals surface area (Å²) >= 11 is 0. The number of ether oxygens (including phenoxy) is 1. The molecule has 2 aliphatic heterocycles. The predicted octanol–water partition coefficient (Wildman–Crippen LogP) is 2.04. The van der Waals surface area contributed by atoms with Crippen molar-refractivity contribution in [3.8, 4) is 5.75 Å². The first kappa shape index (κ1) is 24.6. The summed E-state index contributed by atoms with van der Waals surface area (Å²) in [7, 11) is -4.02. The minimum absolute atomic E-state index is 0.0547. The molecule has 1 saturated carbocycles. The molecule has 1 atom stereocenters. The number of nitrogens with one attached hydrogen (secondary N) is 1. The second kappa shape index (κ2) is 8.91. The normalized spacial score (nSPS) is 23.1. The fourth-order valence-electron chi connectivity index (χ4n) is 5.06. The van der Waals surface area contributed by atoms with Gasteiger partial charge in [0.1, 0.15) is 5.75 Å². The zero-order chi connectivity index (χ0) is 24.7. The van der Waals surface area contributed by atoms with Crippen molar-refractivity contribution in [3.63, 3.8) is 0 Å². The number of rotatable bonds is 5. The van der Waals surface area contributed by atoms with Crippen LogP contribution in [0.4, 0.5) is 18.0 Å². The highest BCUT2D eigenvalue weighted by molar-refractivity contribution is 7.89. The number of halogens is 3. The molecule has 3 N–H and O–H groups in total. The maximum Gasteiger partial charge on any atom is 0.573 e. The lowest BCUT2D eigenvalue weighted by molar-refractivity contribution is -0.274. The molecule has 4 rings (SSSR count). The number of urea groups is 1. The molecule has 3 fully saturated rings. The van der Waals surface area contributed by atoms with Crippen LogP contribution in [0.2, 0.25) is 0 Å². The Hall–Kier alpha value is -2.54. The van der Waals surface area contributed by atoms with E-state index in [0.717, 1.165) is 25.0 Å². The van der Waals surface area contributed by atoms with Gasteiger partial charge < -0.3 is 20.3 Å². The van der Waals surface area contributed by atoms with E-state index in [4.69, 9.17) is 5.73 Å². The second-order valence-corrected chi connectivity index (χ2v) is 11.1. The number of sulfonamides is 1. The highest BCUT2D eigenvalue weighted by atomic mass is 32.2. The van der Waals surface area contributed by atoms with Gasteiger partial charge in [0.2, 0.25) is 15.9 Å². The van der Waals surface area contributed by atoms with Crippen LogP contribution in [-0.4, -0.2) is 68.7 Å². The van der Waals surface area contributed by atoms with E-state index in [-0.39, 0.29) is 28.3 Å². The molecule has 0 aromatic heterocycles. The van der Waals surface area contributed by atoms with Crippen LogP contribution in [0.25, 0.3) is 0 Å². The second-order valence-electron chi connectivity index (χ2n) is 9.39. The van der Waals surface area contributed by atoms with E-state index in [1.54, 1.807) is 9.80 Å². The molecule has 1 aliphatic carbocycles. The maximum absolute atomic E-state index is 12.7. The Kier molecular flexibility index (Phi) is 6.44. The van der Waals surface area contributed by atoms with Gasteiger partial charge in [-0.05, 0) is 44.2 Å². The zero-order valence-corrected chi connectivity index (χ0v) is 19.2. The first-order valence-corrected chi connectivity index (χ1v) is 12.6. The molecule has 1 spiro atoms. The average Bonchev–Trinajstić information content (AvgIpc) is 3.22. The van der Waals surface area contributed by atoms with Crippen LogP contribution in [0.3, 0.4) is 0 Å². The number of likely N-dealkylation sites (tertiary alicyclic amines) is 2. The molecular formula is C21H27F3N4O5S. The van der Waals surface area contributed by atoms with Gasteiger partial charge in [0, 0.05) is 43.7 Å². The monoisotopic (exact) mass is 504 g/mol. The summed E-state index contributed by atoms with van der Waals surface area (Å²) in [6.45, 7) is 2.02. The summed E-state index contributed by atoms with van der Waals surface area (Å²) in [5, 5.41) is 0. The van der Waals surface area contributed by atoms with Crippen molar-refractivity contribution in [1.29, 1.82) is 0 Å². The predicted molar refractivity (Wildman–Crippen MR) is 114 cm³/mol. The number of nitrogens with zero attached hydrogens (tertiary/aromatic N) is 2. The molecule has 3 amide bonds. The van der Waals surface area contributed by atoms with Crippen LogP contribution in [0.5, 0.6) is 5.75 Å². The van der Waals surface area contributed by atoms with Gasteiger partial charge in [-0.15, -0.1) is 13.2 Å². The van der Waals surface area contributed by atoms with Crippen LogP contribution in [0.1, 0.15) is 32.1 Å². The quantitative estimate of drug-likeness (QED) is 0.636. The first-order chi connectivity index (χ1) is 15.9. The largest absolute Gasteiger partial charge is 0.573 e. The summed E-state index contributed by atoms with van der Waals surface area (Å²) in [5.74, 6) is -1.29. The summed E-state index contributed by atoms with van der Waals surface area (Å²) in [6, 6.07) is 3.85. The summed E-state index contributed by atoms with van der Waals surface area (Å²) in [4.78, 5) is 27.1. The summed E-state index contributed by atoms with van der Waals surface area (Å²) in [5.41, 5.74) is 5.27. The molecule has 34 heavy (non-hydrogen) atoms. The molecule has 0 bridgehead atoms. The molecule has 2 saturated heterocycles. The molecule has 1 aromatic rings. The molecule has 1 aromatic carbocycles. The average molecular weight is 505 g/mol. The van der Waals surface area contributed by atoms with E-state index in [0.29, 0.717) is 45.4 Å². The number of amides is 3. The van der Waals surface area contributed by atoms with E-state index in [1.165, 1.54) is 12.1 Å². The number of benzene rings is 1. The van der Waals surface area contributed by atoms with Crippen molar-refractivity contribution in [2.75, 3.05) is 26.2 Å². The van der Waals surface area contributed by atoms with E-state index in [2.05, 4.69) is 9.46 Å². The van der Waals surface area contributed by atoms with Crippen LogP contribution < -0.4 is 15.2 Å². The lowest BCUT2D eigenvalue weighted by Gasteiger charge is -2.54. The molecular weight excluding hydrogens is 477 g/mol. The Bertz CT molecular complexity index is 1050. The van der Waals surface area contributed by atoms with Gasteiger partial charge in [-0.2, -0.15) is 0 Å². The Morgan fingerprint density at radius 3 is 2.38 bits per heavy atom. The Labute approximate surface area is 195 Å². The molecule has 13 heteroatoms. The number of nitrogens with two attached hydrogens (primary N) is 1. The van der Waals surface area contributed by atoms with Gasteiger partial charge in [0.25, 0.3) is 0 Å². The smallest absolute Gasteiger partial charge is 0.406 e. The van der Waals surface area contributed by atoms with Crippen molar-refractivity contribution in [3.05, 3.63) is 24.3 Å². The highest BCUT2D eigenvalue weighted by Gasteiger charge is 2.48. The zero-order valence-electron chi connectivity index (χ0n) is 18.4. The fraction of sp³-hybridized carbons (Fsp3) is 0.619. The van der Waals surface area contributed by atoms with Gasteiger partial charge >= 0.3 is 12.4 Å². The Morgan fingerprint density at radius 1 is 1.12 bits per heavy atom. The lowest BCUT2D eigenvalue weighted by atomic mass is 9.67. The van der Waals surface area contributed by atoms with Gasteiger partial charge in [0.05, 0.1) is 10.8 Å². The third kappa shape index (κ3) is 5.40. The maximum atomic E-state index is 12.7. The number of primary amides is 1. The topological polar surface area (TPSA) is 122 Å². The Morgan fingerprint density at radius 2 is 1.79 bits per heavy atom. The van der Waals surface area contributed by atoms with Crippen LogP contribution >= 0.6 is 0 Å². The minimum Gasteiger partial charge on any atom is -0.406 e. The first-order valence-electron chi connectivity index (χ1n) is 11.1. The Balaban J connectivity index is 1.27. The number of carbonyl (C=O) groups is 2. The number of carbonyl (C=O) groups excluding carboxylic acids is 2. The molecule has 0 radical (unpaired) electrons. The molecule has 3 aliphatic rings. The highest BCUT2D eigenvalue weighted by Crippen LogP contribution is 2.44. The fourth-order valence-corrected chi connectivity index (χ4v) is 6.39. The van der Waals surface area contributed by atoms with Crippen molar-refractivity contribution < 1.29 is 35.9 Å². The van der Waals surface area contributed by atoms with Gasteiger partial charge in [-0.25, -0.2) is 17.9 Å². The van der Waals surface area contributed by atoms with Gasteiger partial charge in [0.15, 0.2) is 0 Å². The number of hydrogen-bond acceptors (Lipinski definition) is 5. The molecule has 2 heterocycles. The molecule has 0 unspecified atom stereocenters. The van der Waals surface area contributed by atoms with Crippen molar-refractivity contribution >= 4 is 22.0 Å². The van der Waals surface area contributed by atoms with Crippen molar-refractivity contribution in [2.24, 2.45) is 17.1 Å². The van der Waals surface area contributed by atoms with E-state index >= 15 is 0 Å². The van der Waals surface area contributed by atoms with Crippen LogP contribution in [0, 0.1) is 11.3 Å². The minimum atomic E-state index is -4.91. The lowest BCUT2D eigenvalue weighted by Crippen LogP contribution is -2.62.